The van der Waals surface area contributed by atoms with Crippen LogP contribution in [0.3, 0.4) is 0 Å². The minimum atomic E-state index is -1.19. The molecule has 0 aromatic heterocycles. The summed E-state index contributed by atoms with van der Waals surface area (Å²) in [6.45, 7) is 0. The van der Waals surface area contributed by atoms with Crippen molar-refractivity contribution in [3.8, 4) is 5.75 Å². The quantitative estimate of drug-likeness (QED) is 0.278. The minimum Gasteiger partial charge on any atom is -0.497 e. The molecule has 154 valence electrons. The van der Waals surface area contributed by atoms with Gasteiger partial charge in [0.05, 0.1) is 7.11 Å². The number of hydrogen-bond donors (Lipinski definition) is 1. The lowest BCUT2D eigenvalue weighted by Gasteiger charge is -2.30. The Bertz CT molecular complexity index is 1080. The lowest BCUT2D eigenvalue weighted by Crippen LogP contribution is -2.28. The summed E-state index contributed by atoms with van der Waals surface area (Å²) in [5, 5.41) is 10.3. The molecule has 3 nitrogen and oxygen atoms in total. The van der Waals surface area contributed by atoms with E-state index in [1.165, 1.54) is 0 Å². The maximum atomic E-state index is 10.3. The van der Waals surface area contributed by atoms with E-state index >= 15 is 0 Å². The minimum absolute atomic E-state index is 0.784. The maximum Gasteiger partial charge on any atom is 0.172 e. The Morgan fingerprint density at radius 2 is 1.10 bits per heavy atom. The molecule has 0 heterocycles. The second-order valence-corrected chi connectivity index (χ2v) is 7.21. The molecular formula is C28H24O3. The van der Waals surface area contributed by atoms with Gasteiger partial charge in [-0.2, -0.15) is 0 Å². The molecule has 31 heavy (non-hydrogen) atoms. The van der Waals surface area contributed by atoms with Crippen LogP contribution in [0.1, 0.15) is 22.3 Å². The van der Waals surface area contributed by atoms with Crippen molar-refractivity contribution in [2.45, 2.75) is 5.60 Å². The Balaban J connectivity index is 1.99. The highest BCUT2D eigenvalue weighted by Gasteiger charge is 2.35. The van der Waals surface area contributed by atoms with Gasteiger partial charge in [0.15, 0.2) is 5.60 Å². The van der Waals surface area contributed by atoms with E-state index in [-0.39, 0.29) is 0 Å². The molecule has 4 aromatic carbocycles. The molecule has 0 atom stereocenters. The van der Waals surface area contributed by atoms with E-state index in [0.717, 1.165) is 33.6 Å². The van der Waals surface area contributed by atoms with Crippen LogP contribution in [-0.4, -0.2) is 12.4 Å². The highest BCUT2D eigenvalue weighted by atomic mass is 17.1. The molecule has 0 spiro atoms. The second-order valence-electron chi connectivity index (χ2n) is 7.21. The number of hydrogen-bond acceptors (Lipinski definition) is 3. The zero-order valence-electron chi connectivity index (χ0n) is 17.3. The van der Waals surface area contributed by atoms with Gasteiger partial charge in [-0.15, -0.1) is 0 Å². The van der Waals surface area contributed by atoms with Gasteiger partial charge in [-0.25, -0.2) is 4.89 Å². The molecule has 0 fully saturated rings. The molecule has 0 bridgehead atoms. The molecule has 0 aliphatic rings. The molecule has 4 rings (SSSR count). The van der Waals surface area contributed by atoms with Crippen molar-refractivity contribution in [3.63, 3.8) is 0 Å². The highest BCUT2D eigenvalue weighted by Crippen LogP contribution is 2.39. The molecular weight excluding hydrogens is 384 g/mol. The molecule has 4 aromatic rings. The van der Waals surface area contributed by atoms with Crippen LogP contribution in [0.2, 0.25) is 0 Å². The zero-order valence-corrected chi connectivity index (χ0v) is 17.3. The number of methoxy groups -OCH3 is 1. The number of rotatable bonds is 7. The van der Waals surface area contributed by atoms with Crippen molar-refractivity contribution < 1.29 is 14.9 Å². The Morgan fingerprint density at radius 1 is 0.645 bits per heavy atom. The van der Waals surface area contributed by atoms with Crippen LogP contribution in [0.15, 0.2) is 121 Å². The van der Waals surface area contributed by atoms with Crippen molar-refractivity contribution >= 4 is 5.57 Å². The van der Waals surface area contributed by atoms with Crippen LogP contribution in [0.25, 0.3) is 5.57 Å². The van der Waals surface area contributed by atoms with Crippen LogP contribution in [0.4, 0.5) is 0 Å². The van der Waals surface area contributed by atoms with Crippen molar-refractivity contribution in [1.82, 2.24) is 0 Å². The summed E-state index contributed by atoms with van der Waals surface area (Å²) >= 11 is 0. The van der Waals surface area contributed by atoms with Gasteiger partial charge in [-0.1, -0.05) is 103 Å². The average Bonchev–Trinajstić information content (AvgIpc) is 2.87. The smallest absolute Gasteiger partial charge is 0.172 e. The van der Waals surface area contributed by atoms with Gasteiger partial charge in [-0.05, 0) is 46.0 Å². The number of benzene rings is 4. The first kappa shape index (κ1) is 20.6. The summed E-state index contributed by atoms with van der Waals surface area (Å²) in [5.41, 5.74) is 3.40. The third-order valence-electron chi connectivity index (χ3n) is 5.38. The van der Waals surface area contributed by atoms with E-state index in [4.69, 9.17) is 9.62 Å². The SMILES string of the molecule is COc1ccc(/C(=C/C(OO)(c2ccccc2)c2ccccc2)c2ccccc2)cc1. The third kappa shape index (κ3) is 4.29. The van der Waals surface area contributed by atoms with Gasteiger partial charge in [0.2, 0.25) is 0 Å². The molecule has 0 amide bonds. The van der Waals surface area contributed by atoms with Crippen molar-refractivity contribution in [2.24, 2.45) is 0 Å². The van der Waals surface area contributed by atoms with Gasteiger partial charge in [0, 0.05) is 0 Å². The Morgan fingerprint density at radius 3 is 1.55 bits per heavy atom. The van der Waals surface area contributed by atoms with Crippen LogP contribution in [0.5, 0.6) is 5.75 Å². The maximum absolute atomic E-state index is 10.3. The summed E-state index contributed by atoms with van der Waals surface area (Å²) in [7, 11) is 1.65. The third-order valence-corrected chi connectivity index (χ3v) is 5.38. The van der Waals surface area contributed by atoms with Gasteiger partial charge < -0.3 is 4.74 Å². The van der Waals surface area contributed by atoms with Gasteiger partial charge in [0.1, 0.15) is 5.75 Å². The summed E-state index contributed by atoms with van der Waals surface area (Å²) in [6, 6.07) is 37.4. The van der Waals surface area contributed by atoms with Crippen molar-refractivity contribution in [3.05, 3.63) is 144 Å². The normalized spacial score (nSPS) is 11.9. The molecule has 0 saturated carbocycles. The largest absolute Gasteiger partial charge is 0.497 e. The monoisotopic (exact) mass is 408 g/mol. The van der Waals surface area contributed by atoms with E-state index in [1.807, 2.05) is 121 Å². The summed E-state index contributed by atoms with van der Waals surface area (Å²) in [4.78, 5) is 5.33. The highest BCUT2D eigenvalue weighted by molar-refractivity contribution is 5.81. The van der Waals surface area contributed by atoms with Crippen molar-refractivity contribution in [1.29, 1.82) is 0 Å². The topological polar surface area (TPSA) is 38.7 Å². The van der Waals surface area contributed by atoms with Gasteiger partial charge in [-0.3, -0.25) is 5.26 Å². The molecule has 1 N–H and O–H groups in total. The summed E-state index contributed by atoms with van der Waals surface area (Å²) < 4.78 is 5.33. The Kier molecular flexibility index (Phi) is 6.27. The van der Waals surface area contributed by atoms with E-state index in [0.29, 0.717) is 0 Å². The van der Waals surface area contributed by atoms with E-state index < -0.39 is 5.60 Å². The average molecular weight is 408 g/mol. The van der Waals surface area contributed by atoms with Gasteiger partial charge >= 0.3 is 0 Å². The van der Waals surface area contributed by atoms with E-state index in [1.54, 1.807) is 7.11 Å². The predicted molar refractivity (Wildman–Crippen MR) is 124 cm³/mol. The number of ether oxygens (including phenoxy) is 1. The molecule has 0 radical (unpaired) electrons. The first-order valence-corrected chi connectivity index (χ1v) is 10.1. The standard InChI is InChI=1S/C28H24O3/c1-30-26-19-17-23(18-20-26)27(22-11-5-2-6-12-22)21-28(31-29,24-13-7-3-8-14-24)25-15-9-4-10-16-25/h2-21,29H,1H3/b27-21+. The second kappa shape index (κ2) is 9.43. The Labute approximate surface area is 182 Å². The van der Waals surface area contributed by atoms with Crippen LogP contribution in [-0.2, 0) is 10.5 Å². The first-order valence-electron chi connectivity index (χ1n) is 10.1. The fourth-order valence-corrected chi connectivity index (χ4v) is 3.76. The van der Waals surface area contributed by atoms with Crippen molar-refractivity contribution in [2.75, 3.05) is 7.11 Å². The molecule has 0 unspecified atom stereocenters. The summed E-state index contributed by atoms with van der Waals surface area (Å²) in [5.74, 6) is 0.784. The molecule has 0 aliphatic heterocycles. The van der Waals surface area contributed by atoms with Crippen LogP contribution < -0.4 is 4.74 Å². The van der Waals surface area contributed by atoms with Crippen LogP contribution >= 0.6 is 0 Å². The molecule has 3 heteroatoms. The lowest BCUT2D eigenvalue weighted by molar-refractivity contribution is -0.299. The molecule has 0 saturated heterocycles. The fraction of sp³-hybridized carbons (Fsp3) is 0.0714. The van der Waals surface area contributed by atoms with E-state index in [9.17, 15) is 5.26 Å². The zero-order chi connectivity index (χ0) is 21.5. The summed E-state index contributed by atoms with van der Waals surface area (Å²) in [6.07, 6.45) is 1.98. The predicted octanol–water partition coefficient (Wildman–Crippen LogP) is 6.56. The first-order chi connectivity index (χ1) is 15.3. The van der Waals surface area contributed by atoms with Gasteiger partial charge in [0.25, 0.3) is 0 Å². The fourth-order valence-electron chi connectivity index (χ4n) is 3.76. The lowest BCUT2D eigenvalue weighted by atomic mass is 9.82. The molecule has 0 aliphatic carbocycles. The van der Waals surface area contributed by atoms with E-state index in [2.05, 4.69) is 0 Å². The Hall–Kier alpha value is -3.66. The van der Waals surface area contributed by atoms with Crippen LogP contribution in [0, 0.1) is 0 Å².